The Bertz CT molecular complexity index is 789. The second-order valence-electron chi connectivity index (χ2n) is 6.22. The van der Waals surface area contributed by atoms with Gasteiger partial charge in [-0.05, 0) is 49.9 Å². The first kappa shape index (κ1) is 18.9. The zero-order chi connectivity index (χ0) is 17.8. The Labute approximate surface area is 148 Å². The summed E-state index contributed by atoms with van der Waals surface area (Å²) in [5.41, 5.74) is 0.772. The fraction of sp³-hybridized carbons (Fsp3) is 0.333. The molecule has 0 heterocycles. The summed E-state index contributed by atoms with van der Waals surface area (Å²) in [6, 6.07) is 14.3. The molecule has 4 nitrogen and oxygen atoms in total. The van der Waals surface area contributed by atoms with Crippen molar-refractivity contribution in [3.63, 3.8) is 0 Å². The third-order valence-corrected chi connectivity index (χ3v) is 5.70. The van der Waals surface area contributed by atoms with Crippen LogP contribution in [-0.4, -0.2) is 25.7 Å². The number of benzene rings is 2. The van der Waals surface area contributed by atoms with Crippen LogP contribution in [-0.2, 0) is 16.4 Å². The van der Waals surface area contributed by atoms with E-state index < -0.39 is 15.6 Å². The third kappa shape index (κ3) is 5.31. The first-order valence-electron chi connectivity index (χ1n) is 7.72. The van der Waals surface area contributed by atoms with Gasteiger partial charge in [0.25, 0.3) is 0 Å². The molecule has 0 aromatic heterocycles. The Balaban J connectivity index is 1.98. The van der Waals surface area contributed by atoms with E-state index in [0.29, 0.717) is 17.9 Å². The molecule has 2 rings (SSSR count). The van der Waals surface area contributed by atoms with E-state index in [1.165, 1.54) is 12.1 Å². The lowest BCUT2D eigenvalue weighted by atomic mass is 9.97. The standard InChI is InChI=1S/C18H22ClNO3S/c1-14-8-9-16(12-17(14)19)24(22,23)20-13-18(2,21)11-10-15-6-4-3-5-7-15/h3-9,12,20-21H,10-11,13H2,1-2H3/t18-/m0/s1. The summed E-state index contributed by atoms with van der Waals surface area (Å²) in [5.74, 6) is 0. The van der Waals surface area contributed by atoms with E-state index in [0.717, 1.165) is 11.1 Å². The fourth-order valence-corrected chi connectivity index (χ4v) is 3.65. The summed E-state index contributed by atoms with van der Waals surface area (Å²) in [5, 5.41) is 10.8. The molecule has 0 aliphatic rings. The molecular weight excluding hydrogens is 346 g/mol. The highest BCUT2D eigenvalue weighted by Gasteiger charge is 2.24. The molecule has 2 aromatic carbocycles. The molecule has 0 aliphatic heterocycles. The smallest absolute Gasteiger partial charge is 0.240 e. The Morgan fingerprint density at radius 1 is 1.17 bits per heavy atom. The lowest BCUT2D eigenvalue weighted by Crippen LogP contribution is -2.40. The van der Waals surface area contributed by atoms with E-state index in [2.05, 4.69) is 4.72 Å². The predicted molar refractivity (Wildman–Crippen MR) is 96.8 cm³/mol. The van der Waals surface area contributed by atoms with Gasteiger partial charge in [-0.15, -0.1) is 0 Å². The molecule has 130 valence electrons. The average Bonchev–Trinajstić information content (AvgIpc) is 2.55. The number of nitrogens with one attached hydrogen (secondary N) is 1. The molecule has 0 bridgehead atoms. The normalized spacial score (nSPS) is 14.3. The van der Waals surface area contributed by atoms with Crippen molar-refractivity contribution in [3.8, 4) is 0 Å². The zero-order valence-corrected chi connectivity index (χ0v) is 15.4. The van der Waals surface area contributed by atoms with Gasteiger partial charge in [0, 0.05) is 11.6 Å². The lowest BCUT2D eigenvalue weighted by molar-refractivity contribution is 0.0565. The van der Waals surface area contributed by atoms with Crippen molar-refractivity contribution in [1.29, 1.82) is 0 Å². The van der Waals surface area contributed by atoms with Gasteiger partial charge in [0.05, 0.1) is 10.5 Å². The van der Waals surface area contributed by atoms with Gasteiger partial charge in [-0.3, -0.25) is 0 Å². The quantitative estimate of drug-likeness (QED) is 0.789. The van der Waals surface area contributed by atoms with Gasteiger partial charge in [0.15, 0.2) is 0 Å². The number of rotatable bonds is 7. The third-order valence-electron chi connectivity index (χ3n) is 3.89. The predicted octanol–water partition coefficient (Wildman–Crippen LogP) is 3.31. The maximum atomic E-state index is 12.3. The van der Waals surface area contributed by atoms with Crippen molar-refractivity contribution in [1.82, 2.24) is 4.72 Å². The highest BCUT2D eigenvalue weighted by atomic mass is 35.5. The Kier molecular flexibility index (Phi) is 6.04. The van der Waals surface area contributed by atoms with Gasteiger partial charge >= 0.3 is 0 Å². The molecular formula is C18H22ClNO3S. The maximum absolute atomic E-state index is 12.3. The highest BCUT2D eigenvalue weighted by molar-refractivity contribution is 7.89. The first-order chi connectivity index (χ1) is 11.2. The number of aliphatic hydroxyl groups is 1. The Morgan fingerprint density at radius 2 is 1.83 bits per heavy atom. The molecule has 0 aliphatic carbocycles. The van der Waals surface area contributed by atoms with Crippen molar-refractivity contribution in [2.75, 3.05) is 6.54 Å². The van der Waals surface area contributed by atoms with Crippen LogP contribution in [0.1, 0.15) is 24.5 Å². The van der Waals surface area contributed by atoms with Crippen LogP contribution in [0.4, 0.5) is 0 Å². The van der Waals surface area contributed by atoms with E-state index in [1.54, 1.807) is 19.9 Å². The van der Waals surface area contributed by atoms with Crippen molar-refractivity contribution in [2.24, 2.45) is 0 Å². The first-order valence-corrected chi connectivity index (χ1v) is 9.58. The molecule has 0 radical (unpaired) electrons. The Hall–Kier alpha value is -1.40. The average molecular weight is 368 g/mol. The summed E-state index contributed by atoms with van der Waals surface area (Å²) < 4.78 is 27.1. The van der Waals surface area contributed by atoms with E-state index in [1.807, 2.05) is 30.3 Å². The van der Waals surface area contributed by atoms with Gasteiger partial charge in [-0.1, -0.05) is 48.0 Å². The zero-order valence-electron chi connectivity index (χ0n) is 13.8. The molecule has 0 fully saturated rings. The van der Waals surface area contributed by atoms with Gasteiger partial charge in [0.1, 0.15) is 0 Å². The van der Waals surface area contributed by atoms with Crippen LogP contribution in [0.25, 0.3) is 0 Å². The van der Waals surface area contributed by atoms with E-state index in [4.69, 9.17) is 11.6 Å². The molecule has 24 heavy (non-hydrogen) atoms. The monoisotopic (exact) mass is 367 g/mol. The topological polar surface area (TPSA) is 66.4 Å². The summed E-state index contributed by atoms with van der Waals surface area (Å²) in [7, 11) is -3.71. The lowest BCUT2D eigenvalue weighted by Gasteiger charge is -2.23. The van der Waals surface area contributed by atoms with Gasteiger partial charge < -0.3 is 5.11 Å². The van der Waals surface area contributed by atoms with Crippen LogP contribution in [0.3, 0.4) is 0 Å². The van der Waals surface area contributed by atoms with Crippen LogP contribution in [0.15, 0.2) is 53.4 Å². The summed E-state index contributed by atoms with van der Waals surface area (Å²) >= 11 is 5.99. The van der Waals surface area contributed by atoms with Crippen molar-refractivity contribution in [2.45, 2.75) is 37.2 Å². The number of hydrogen-bond acceptors (Lipinski definition) is 3. The van der Waals surface area contributed by atoms with E-state index in [9.17, 15) is 13.5 Å². The van der Waals surface area contributed by atoms with Gasteiger partial charge in [-0.25, -0.2) is 13.1 Å². The SMILES string of the molecule is Cc1ccc(S(=O)(=O)NC[C@@](C)(O)CCc2ccccc2)cc1Cl. The van der Waals surface area contributed by atoms with Gasteiger partial charge in [0.2, 0.25) is 10.0 Å². The molecule has 1 atom stereocenters. The van der Waals surface area contributed by atoms with Crippen LogP contribution in [0.5, 0.6) is 0 Å². The molecule has 0 unspecified atom stereocenters. The van der Waals surface area contributed by atoms with Crippen LogP contribution in [0.2, 0.25) is 5.02 Å². The second kappa shape index (κ2) is 7.66. The summed E-state index contributed by atoms with van der Waals surface area (Å²) in [6.07, 6.45) is 1.13. The van der Waals surface area contributed by atoms with Crippen molar-refractivity contribution in [3.05, 3.63) is 64.7 Å². The minimum atomic E-state index is -3.71. The molecule has 0 amide bonds. The van der Waals surface area contributed by atoms with Crippen LogP contribution >= 0.6 is 11.6 Å². The second-order valence-corrected chi connectivity index (χ2v) is 8.39. The van der Waals surface area contributed by atoms with E-state index in [-0.39, 0.29) is 11.4 Å². The molecule has 0 saturated heterocycles. The fourth-order valence-electron chi connectivity index (χ4n) is 2.22. The molecule has 0 saturated carbocycles. The summed E-state index contributed by atoms with van der Waals surface area (Å²) in [6.45, 7) is 3.37. The largest absolute Gasteiger partial charge is 0.389 e. The molecule has 2 aromatic rings. The molecule has 6 heteroatoms. The molecule has 0 spiro atoms. The number of aryl methyl sites for hydroxylation is 2. The molecule has 2 N–H and O–H groups in total. The summed E-state index contributed by atoms with van der Waals surface area (Å²) in [4.78, 5) is 0.0944. The minimum Gasteiger partial charge on any atom is -0.389 e. The minimum absolute atomic E-state index is 0.0618. The van der Waals surface area contributed by atoms with E-state index >= 15 is 0 Å². The van der Waals surface area contributed by atoms with Crippen LogP contribution in [0, 0.1) is 6.92 Å². The van der Waals surface area contributed by atoms with Crippen molar-refractivity contribution < 1.29 is 13.5 Å². The Morgan fingerprint density at radius 3 is 2.46 bits per heavy atom. The van der Waals surface area contributed by atoms with Gasteiger partial charge in [-0.2, -0.15) is 0 Å². The highest BCUT2D eigenvalue weighted by Crippen LogP contribution is 2.20. The number of hydrogen-bond donors (Lipinski definition) is 2. The maximum Gasteiger partial charge on any atom is 0.240 e. The number of sulfonamides is 1. The number of halogens is 1. The van der Waals surface area contributed by atoms with Crippen molar-refractivity contribution >= 4 is 21.6 Å². The van der Waals surface area contributed by atoms with Crippen LogP contribution < -0.4 is 4.72 Å².